The van der Waals surface area contributed by atoms with Gasteiger partial charge in [0.05, 0.1) is 49.1 Å². The first-order valence-corrected chi connectivity index (χ1v) is 14.7. The van der Waals surface area contributed by atoms with Gasteiger partial charge in [0.1, 0.15) is 6.17 Å². The second-order valence-corrected chi connectivity index (χ2v) is 12.6. The molecule has 37 heavy (non-hydrogen) atoms. The number of hydrogen-bond acceptors (Lipinski definition) is 7. The lowest BCUT2D eigenvalue weighted by Gasteiger charge is -2.62. The molecule has 3 aliphatic carbocycles. The summed E-state index contributed by atoms with van der Waals surface area (Å²) in [5, 5.41) is 0. The van der Waals surface area contributed by atoms with Gasteiger partial charge in [-0.15, -0.1) is 0 Å². The average Bonchev–Trinajstić information content (AvgIpc) is 3.35. The van der Waals surface area contributed by atoms with Crippen molar-refractivity contribution in [2.45, 2.75) is 93.9 Å². The van der Waals surface area contributed by atoms with E-state index >= 15 is 4.39 Å². The molecular formula is C28H41FN4O4. The van der Waals surface area contributed by atoms with E-state index in [1.807, 2.05) is 6.20 Å². The van der Waals surface area contributed by atoms with E-state index in [2.05, 4.69) is 9.80 Å². The number of ketones is 1. The quantitative estimate of drug-likeness (QED) is 0.557. The molecule has 7 aliphatic rings. The van der Waals surface area contributed by atoms with Crippen LogP contribution in [-0.2, 0) is 19.1 Å². The fourth-order valence-corrected chi connectivity index (χ4v) is 8.95. The van der Waals surface area contributed by atoms with Crippen LogP contribution in [0.1, 0.15) is 51.4 Å². The number of nitrogens with zero attached hydrogens (tertiary/aromatic N) is 3. The summed E-state index contributed by atoms with van der Waals surface area (Å²) in [6.45, 7) is 3.39. The van der Waals surface area contributed by atoms with Crippen molar-refractivity contribution >= 4 is 11.7 Å². The number of alkyl halides is 1. The number of Topliss-reactive ketones (excluding diaryl/α,β-unsaturated/α-hetero) is 1. The van der Waals surface area contributed by atoms with Crippen LogP contribution in [0.25, 0.3) is 0 Å². The standard InChI is InChI=1S/C28H41FN4O4/c29-21-13-19-23-27(24(21)32-8-7-17(30)14-32)37-26-18-4-2-1-3-16(18)5-6-22(26)33(23)15-20(25(19)34)28(35)31-9-11-36-12-10-31/h15-19,21-24,26-27H,1-14,30H2/t16?,17-,18?,19?,21?,22?,23?,24?,26?,27?/m1/s1. The zero-order valence-corrected chi connectivity index (χ0v) is 21.7. The number of hydrogen-bond donors (Lipinski definition) is 1. The summed E-state index contributed by atoms with van der Waals surface area (Å²) in [5.74, 6) is 0.159. The lowest BCUT2D eigenvalue weighted by molar-refractivity contribution is -0.231. The second kappa shape index (κ2) is 9.57. The highest BCUT2D eigenvalue weighted by Crippen LogP contribution is 2.51. The van der Waals surface area contributed by atoms with E-state index in [4.69, 9.17) is 15.2 Å². The molecule has 10 atom stereocenters. The highest BCUT2D eigenvalue weighted by atomic mass is 19.1. The highest BCUT2D eigenvalue weighted by Gasteiger charge is 2.61. The maximum atomic E-state index is 16.1. The molecule has 1 amide bonds. The Morgan fingerprint density at radius 1 is 1.00 bits per heavy atom. The molecule has 0 bridgehead atoms. The third-order valence-electron chi connectivity index (χ3n) is 10.7. The molecule has 9 unspecified atom stereocenters. The third kappa shape index (κ3) is 3.98. The van der Waals surface area contributed by atoms with Crippen LogP contribution < -0.4 is 5.73 Å². The summed E-state index contributed by atoms with van der Waals surface area (Å²) in [6.07, 6.45) is 8.41. The summed E-state index contributed by atoms with van der Waals surface area (Å²) < 4.78 is 28.6. The predicted molar refractivity (Wildman–Crippen MR) is 134 cm³/mol. The second-order valence-electron chi connectivity index (χ2n) is 12.6. The smallest absolute Gasteiger partial charge is 0.259 e. The fourth-order valence-electron chi connectivity index (χ4n) is 8.95. The molecule has 0 aromatic rings. The average molecular weight is 517 g/mol. The molecule has 0 radical (unpaired) electrons. The molecule has 0 aromatic carbocycles. The van der Waals surface area contributed by atoms with Gasteiger partial charge in [-0.05, 0) is 43.9 Å². The maximum Gasteiger partial charge on any atom is 0.259 e. The number of carbonyl (C=O) groups is 2. The first-order chi connectivity index (χ1) is 18.0. The number of fused-ring (bicyclic) bond motifs is 4. The van der Waals surface area contributed by atoms with Crippen LogP contribution in [0.2, 0.25) is 0 Å². The summed E-state index contributed by atoms with van der Waals surface area (Å²) in [4.78, 5) is 33.7. The fraction of sp³-hybridized carbons (Fsp3) is 0.857. The zero-order valence-electron chi connectivity index (χ0n) is 21.7. The van der Waals surface area contributed by atoms with E-state index in [0.717, 1.165) is 25.8 Å². The summed E-state index contributed by atoms with van der Waals surface area (Å²) >= 11 is 0. The zero-order chi connectivity index (χ0) is 25.3. The van der Waals surface area contributed by atoms with Crippen molar-refractivity contribution in [3.63, 3.8) is 0 Å². The van der Waals surface area contributed by atoms with E-state index in [9.17, 15) is 9.59 Å². The number of amides is 1. The van der Waals surface area contributed by atoms with Crippen molar-refractivity contribution in [3.8, 4) is 0 Å². The van der Waals surface area contributed by atoms with E-state index in [1.165, 1.54) is 25.7 Å². The Morgan fingerprint density at radius 3 is 2.59 bits per heavy atom. The third-order valence-corrected chi connectivity index (χ3v) is 10.7. The Balaban J connectivity index is 1.27. The number of likely N-dealkylation sites (tertiary alicyclic amines) is 1. The van der Waals surface area contributed by atoms with Gasteiger partial charge in [0.25, 0.3) is 5.91 Å². The van der Waals surface area contributed by atoms with Gasteiger partial charge in [0.15, 0.2) is 5.78 Å². The molecule has 4 aliphatic heterocycles. The minimum absolute atomic E-state index is 0.0224. The molecule has 7 rings (SSSR count). The van der Waals surface area contributed by atoms with Crippen LogP contribution in [0, 0.1) is 17.8 Å². The SMILES string of the molecule is N[C@@H]1CCN(C2C(F)CC3C(=O)C(C(=O)N4CCOCC4)=CN4C5CCC6CCCCC6C5OC2C34)C1. The van der Waals surface area contributed by atoms with Crippen LogP contribution in [0.5, 0.6) is 0 Å². The number of rotatable bonds is 2. The number of ether oxygens (including phenoxy) is 2. The van der Waals surface area contributed by atoms with Gasteiger partial charge in [-0.25, -0.2) is 4.39 Å². The lowest BCUT2D eigenvalue weighted by atomic mass is 9.64. The van der Waals surface area contributed by atoms with Crippen molar-refractivity contribution in [3.05, 3.63) is 11.8 Å². The van der Waals surface area contributed by atoms with E-state index in [-0.39, 0.29) is 60.1 Å². The topological polar surface area (TPSA) is 88.3 Å². The summed E-state index contributed by atoms with van der Waals surface area (Å²) in [5.41, 5.74) is 6.48. The Morgan fingerprint density at radius 2 is 1.81 bits per heavy atom. The largest absolute Gasteiger partial charge is 0.378 e. The molecule has 0 aromatic heterocycles. The van der Waals surface area contributed by atoms with E-state index < -0.39 is 12.1 Å². The Bertz CT molecular complexity index is 956. The van der Waals surface area contributed by atoms with Gasteiger partial charge in [-0.3, -0.25) is 14.5 Å². The maximum absolute atomic E-state index is 16.1. The highest BCUT2D eigenvalue weighted by molar-refractivity contribution is 6.20. The summed E-state index contributed by atoms with van der Waals surface area (Å²) in [6, 6.07) is -0.411. The van der Waals surface area contributed by atoms with Crippen LogP contribution in [-0.4, -0.2) is 108 Å². The van der Waals surface area contributed by atoms with Gasteiger partial charge < -0.3 is 25.0 Å². The van der Waals surface area contributed by atoms with Crippen molar-refractivity contribution in [1.29, 1.82) is 0 Å². The Hall–Kier alpha value is -1.55. The van der Waals surface area contributed by atoms with Gasteiger partial charge in [0.2, 0.25) is 0 Å². The predicted octanol–water partition coefficient (Wildman–Crippen LogP) is 1.48. The minimum atomic E-state index is -1.18. The molecule has 4 heterocycles. The van der Waals surface area contributed by atoms with Crippen LogP contribution in [0.15, 0.2) is 11.8 Å². The first kappa shape index (κ1) is 24.5. The Kier molecular flexibility index (Phi) is 6.34. The van der Waals surface area contributed by atoms with Crippen molar-refractivity contribution < 1.29 is 23.5 Å². The van der Waals surface area contributed by atoms with Crippen LogP contribution >= 0.6 is 0 Å². The molecule has 0 spiro atoms. The van der Waals surface area contributed by atoms with Crippen molar-refractivity contribution in [2.24, 2.45) is 23.5 Å². The molecular weight excluding hydrogens is 475 g/mol. The van der Waals surface area contributed by atoms with Crippen LogP contribution in [0.3, 0.4) is 0 Å². The van der Waals surface area contributed by atoms with Crippen molar-refractivity contribution in [2.75, 3.05) is 39.4 Å². The molecule has 3 saturated carbocycles. The van der Waals surface area contributed by atoms with Crippen molar-refractivity contribution in [1.82, 2.24) is 14.7 Å². The first-order valence-electron chi connectivity index (χ1n) is 14.7. The molecule has 3 saturated heterocycles. The number of morpholine rings is 2. The molecule has 8 nitrogen and oxygen atoms in total. The molecule has 9 heteroatoms. The number of halogens is 1. The number of carbonyl (C=O) groups excluding carboxylic acids is 2. The Labute approximate surface area is 218 Å². The van der Waals surface area contributed by atoms with Gasteiger partial charge in [-0.2, -0.15) is 0 Å². The minimum Gasteiger partial charge on any atom is -0.378 e. The molecule has 2 N–H and O–H groups in total. The molecule has 6 fully saturated rings. The lowest BCUT2D eigenvalue weighted by Crippen LogP contribution is -2.74. The van der Waals surface area contributed by atoms with Crippen LogP contribution in [0.4, 0.5) is 4.39 Å². The normalized spacial score (nSPS) is 46.1. The van der Waals surface area contributed by atoms with E-state index in [1.54, 1.807) is 4.90 Å². The van der Waals surface area contributed by atoms with E-state index in [0.29, 0.717) is 44.7 Å². The summed E-state index contributed by atoms with van der Waals surface area (Å²) in [7, 11) is 0. The monoisotopic (exact) mass is 516 g/mol. The van der Waals surface area contributed by atoms with Gasteiger partial charge in [-0.1, -0.05) is 19.3 Å². The number of nitrogens with two attached hydrogens (primary N) is 1. The van der Waals surface area contributed by atoms with Gasteiger partial charge >= 0.3 is 0 Å². The molecule has 204 valence electrons. The van der Waals surface area contributed by atoms with Gasteiger partial charge in [0, 0.05) is 44.3 Å².